The van der Waals surface area contributed by atoms with Crippen molar-refractivity contribution in [2.45, 2.75) is 26.7 Å². The molecule has 0 N–H and O–H groups in total. The third-order valence-electron chi connectivity index (χ3n) is 2.49. The second-order valence-electron chi connectivity index (χ2n) is 3.74. The topological polar surface area (TPSA) is 32.7 Å². The summed E-state index contributed by atoms with van der Waals surface area (Å²) in [5.41, 5.74) is 2.96. The average molecular weight is 202 g/mol. The van der Waals surface area contributed by atoms with Crippen molar-refractivity contribution in [3.63, 3.8) is 0 Å². The largest absolute Gasteiger partial charge is 0.272 e. The standard InChI is InChI=1S/C12H14N2O/c1-3-10-8-12(15)14(13-10)11-6-4-5-9(2)7-11/h4-7H,3,8H2,1-2H3. The highest BCUT2D eigenvalue weighted by Gasteiger charge is 2.23. The number of hydrazone groups is 1. The van der Waals surface area contributed by atoms with E-state index in [4.69, 9.17) is 0 Å². The van der Waals surface area contributed by atoms with E-state index in [0.717, 1.165) is 23.4 Å². The lowest BCUT2D eigenvalue weighted by Gasteiger charge is -2.11. The van der Waals surface area contributed by atoms with Crippen molar-refractivity contribution in [2.75, 3.05) is 5.01 Å². The average Bonchev–Trinajstić information content (AvgIpc) is 2.60. The van der Waals surface area contributed by atoms with Gasteiger partial charge < -0.3 is 0 Å². The summed E-state index contributed by atoms with van der Waals surface area (Å²) in [6, 6.07) is 7.83. The predicted octanol–water partition coefficient (Wildman–Crippen LogP) is 2.50. The zero-order chi connectivity index (χ0) is 10.8. The molecule has 0 saturated heterocycles. The summed E-state index contributed by atoms with van der Waals surface area (Å²) in [6.07, 6.45) is 1.30. The number of amides is 1. The van der Waals surface area contributed by atoms with E-state index in [2.05, 4.69) is 5.10 Å². The SMILES string of the molecule is CCC1=NN(c2cccc(C)c2)C(=O)C1. The van der Waals surface area contributed by atoms with Crippen LogP contribution in [0.4, 0.5) is 5.69 Å². The normalized spacial score (nSPS) is 15.7. The van der Waals surface area contributed by atoms with Crippen molar-refractivity contribution < 1.29 is 4.79 Å². The number of nitrogens with zero attached hydrogens (tertiary/aromatic N) is 2. The third kappa shape index (κ3) is 1.91. The van der Waals surface area contributed by atoms with Gasteiger partial charge in [0, 0.05) is 5.71 Å². The summed E-state index contributed by atoms with van der Waals surface area (Å²) in [4.78, 5) is 11.7. The molecular weight excluding hydrogens is 188 g/mol. The van der Waals surface area contributed by atoms with Crippen molar-refractivity contribution in [1.82, 2.24) is 0 Å². The molecule has 0 saturated carbocycles. The quantitative estimate of drug-likeness (QED) is 0.725. The monoisotopic (exact) mass is 202 g/mol. The third-order valence-corrected chi connectivity index (χ3v) is 2.49. The van der Waals surface area contributed by atoms with E-state index in [-0.39, 0.29) is 5.91 Å². The minimum absolute atomic E-state index is 0.0671. The lowest BCUT2D eigenvalue weighted by atomic mass is 10.2. The Kier molecular flexibility index (Phi) is 2.54. The molecule has 0 unspecified atom stereocenters. The van der Waals surface area contributed by atoms with Crippen LogP contribution in [-0.2, 0) is 4.79 Å². The second kappa shape index (κ2) is 3.85. The Bertz CT molecular complexity index is 423. The maximum atomic E-state index is 11.7. The van der Waals surface area contributed by atoms with Gasteiger partial charge >= 0.3 is 0 Å². The van der Waals surface area contributed by atoms with Gasteiger partial charge in [0.05, 0.1) is 12.1 Å². The molecule has 0 atom stereocenters. The Morgan fingerprint density at radius 1 is 1.47 bits per heavy atom. The molecule has 1 aromatic rings. The van der Waals surface area contributed by atoms with Crippen LogP contribution in [0, 0.1) is 6.92 Å². The molecule has 1 aromatic carbocycles. The molecule has 0 aliphatic carbocycles. The molecule has 78 valence electrons. The first kappa shape index (κ1) is 9.90. The molecule has 15 heavy (non-hydrogen) atoms. The number of rotatable bonds is 2. The lowest BCUT2D eigenvalue weighted by molar-refractivity contribution is -0.116. The molecule has 3 nitrogen and oxygen atoms in total. The van der Waals surface area contributed by atoms with Gasteiger partial charge in [-0.1, -0.05) is 19.1 Å². The van der Waals surface area contributed by atoms with Crippen molar-refractivity contribution in [3.05, 3.63) is 29.8 Å². The van der Waals surface area contributed by atoms with Crippen molar-refractivity contribution in [3.8, 4) is 0 Å². The van der Waals surface area contributed by atoms with Crippen LogP contribution in [0.5, 0.6) is 0 Å². The smallest absolute Gasteiger partial charge is 0.253 e. The van der Waals surface area contributed by atoms with Gasteiger partial charge in [0.25, 0.3) is 5.91 Å². The molecule has 0 aromatic heterocycles. The van der Waals surface area contributed by atoms with E-state index in [0.29, 0.717) is 6.42 Å². The molecule has 1 amide bonds. The summed E-state index contributed by atoms with van der Waals surface area (Å²) < 4.78 is 0. The molecule has 0 bridgehead atoms. The van der Waals surface area contributed by atoms with E-state index >= 15 is 0 Å². The van der Waals surface area contributed by atoms with Gasteiger partial charge in [0.2, 0.25) is 0 Å². The van der Waals surface area contributed by atoms with Gasteiger partial charge in [-0.3, -0.25) is 4.79 Å². The van der Waals surface area contributed by atoms with Crippen LogP contribution >= 0.6 is 0 Å². The van der Waals surface area contributed by atoms with Crippen LogP contribution in [0.3, 0.4) is 0 Å². The van der Waals surface area contributed by atoms with Gasteiger partial charge in [-0.2, -0.15) is 5.10 Å². The molecular formula is C12H14N2O. The maximum Gasteiger partial charge on any atom is 0.253 e. The summed E-state index contributed by atoms with van der Waals surface area (Å²) in [7, 11) is 0. The summed E-state index contributed by atoms with van der Waals surface area (Å²) >= 11 is 0. The Labute approximate surface area is 89.4 Å². The molecule has 1 heterocycles. The van der Waals surface area contributed by atoms with Gasteiger partial charge in [0.15, 0.2) is 0 Å². The summed E-state index contributed by atoms with van der Waals surface area (Å²) in [6.45, 7) is 4.03. The van der Waals surface area contributed by atoms with E-state index in [1.165, 1.54) is 5.01 Å². The van der Waals surface area contributed by atoms with E-state index in [9.17, 15) is 4.79 Å². The van der Waals surface area contributed by atoms with Gasteiger partial charge in [-0.25, -0.2) is 5.01 Å². The predicted molar refractivity (Wildman–Crippen MR) is 61.0 cm³/mol. The number of benzene rings is 1. The minimum Gasteiger partial charge on any atom is -0.272 e. The van der Waals surface area contributed by atoms with E-state index in [1.807, 2.05) is 38.1 Å². The summed E-state index contributed by atoms with van der Waals surface area (Å²) in [5, 5.41) is 5.81. The summed E-state index contributed by atoms with van der Waals surface area (Å²) in [5.74, 6) is 0.0671. The molecule has 0 spiro atoms. The Morgan fingerprint density at radius 3 is 2.87 bits per heavy atom. The Morgan fingerprint density at radius 2 is 2.27 bits per heavy atom. The van der Waals surface area contributed by atoms with Crippen LogP contribution in [0.1, 0.15) is 25.3 Å². The highest BCUT2D eigenvalue weighted by Crippen LogP contribution is 2.21. The fourth-order valence-electron chi connectivity index (χ4n) is 1.64. The minimum atomic E-state index is 0.0671. The molecule has 0 fully saturated rings. The lowest BCUT2D eigenvalue weighted by Crippen LogP contribution is -2.19. The van der Waals surface area contributed by atoms with E-state index in [1.54, 1.807) is 0 Å². The number of carbonyl (C=O) groups excluding carboxylic acids is 1. The fraction of sp³-hybridized carbons (Fsp3) is 0.333. The molecule has 2 rings (SSSR count). The molecule has 3 heteroatoms. The number of aryl methyl sites for hydroxylation is 1. The Balaban J connectivity index is 2.32. The maximum absolute atomic E-state index is 11.7. The Hall–Kier alpha value is -1.64. The molecule has 1 aliphatic heterocycles. The first-order valence-corrected chi connectivity index (χ1v) is 5.16. The van der Waals surface area contributed by atoms with Crippen molar-refractivity contribution in [2.24, 2.45) is 5.10 Å². The first-order valence-electron chi connectivity index (χ1n) is 5.16. The number of carbonyl (C=O) groups is 1. The van der Waals surface area contributed by atoms with Crippen LogP contribution in [-0.4, -0.2) is 11.6 Å². The number of hydrogen-bond acceptors (Lipinski definition) is 2. The van der Waals surface area contributed by atoms with Gasteiger partial charge in [0.1, 0.15) is 0 Å². The van der Waals surface area contributed by atoms with Crippen LogP contribution in [0.2, 0.25) is 0 Å². The van der Waals surface area contributed by atoms with Crippen molar-refractivity contribution in [1.29, 1.82) is 0 Å². The number of hydrogen-bond donors (Lipinski definition) is 0. The van der Waals surface area contributed by atoms with Crippen molar-refractivity contribution >= 4 is 17.3 Å². The highest BCUT2D eigenvalue weighted by molar-refractivity contribution is 6.12. The highest BCUT2D eigenvalue weighted by atomic mass is 16.2. The second-order valence-corrected chi connectivity index (χ2v) is 3.74. The van der Waals surface area contributed by atoms with Crippen LogP contribution < -0.4 is 5.01 Å². The van der Waals surface area contributed by atoms with Crippen LogP contribution in [0.15, 0.2) is 29.4 Å². The van der Waals surface area contributed by atoms with Gasteiger partial charge in [-0.05, 0) is 31.0 Å². The molecule has 1 aliphatic rings. The fourth-order valence-corrected chi connectivity index (χ4v) is 1.64. The molecule has 0 radical (unpaired) electrons. The van der Waals surface area contributed by atoms with Gasteiger partial charge in [-0.15, -0.1) is 0 Å². The zero-order valence-electron chi connectivity index (χ0n) is 9.03. The van der Waals surface area contributed by atoms with E-state index < -0.39 is 0 Å². The zero-order valence-corrected chi connectivity index (χ0v) is 9.03. The number of anilines is 1. The van der Waals surface area contributed by atoms with Crippen LogP contribution in [0.25, 0.3) is 0 Å². The first-order chi connectivity index (χ1) is 7.20.